The van der Waals surface area contributed by atoms with E-state index in [1.165, 1.54) is 18.6 Å². The lowest BCUT2D eigenvalue weighted by atomic mass is 10.1. The van der Waals surface area contributed by atoms with Gasteiger partial charge < -0.3 is 10.6 Å². The summed E-state index contributed by atoms with van der Waals surface area (Å²) in [6.45, 7) is 0.134. The number of fused-ring (bicyclic) bond motifs is 1. The molecule has 4 aromatic rings. The van der Waals surface area contributed by atoms with Gasteiger partial charge in [0.1, 0.15) is 5.56 Å². The molecule has 0 saturated heterocycles. The quantitative estimate of drug-likeness (QED) is 0.438. The molecule has 2 heterocycles. The van der Waals surface area contributed by atoms with Gasteiger partial charge >= 0.3 is 0 Å². The van der Waals surface area contributed by atoms with Gasteiger partial charge in [-0.25, -0.2) is 23.7 Å². The van der Waals surface area contributed by atoms with E-state index in [1.807, 2.05) is 24.3 Å². The van der Waals surface area contributed by atoms with Crippen molar-refractivity contribution in [1.29, 1.82) is 0 Å². The van der Waals surface area contributed by atoms with E-state index in [9.17, 15) is 18.4 Å². The summed E-state index contributed by atoms with van der Waals surface area (Å²) < 4.78 is 27.7. The number of carbonyl (C=O) groups is 1. The van der Waals surface area contributed by atoms with Gasteiger partial charge in [-0.05, 0) is 35.4 Å². The van der Waals surface area contributed by atoms with Crippen molar-refractivity contribution in [3.05, 3.63) is 99.9 Å². The summed E-state index contributed by atoms with van der Waals surface area (Å²) in [4.78, 5) is 37.6. The number of nitrogens with zero attached hydrogens (tertiary/aromatic N) is 4. The fourth-order valence-corrected chi connectivity index (χ4v) is 3.27. The molecular weight excluding hydrogens is 442 g/mol. The van der Waals surface area contributed by atoms with Gasteiger partial charge in [0.05, 0.1) is 18.4 Å². The van der Waals surface area contributed by atoms with Crippen LogP contribution in [0.15, 0.2) is 66.0 Å². The molecule has 2 aromatic carbocycles. The van der Waals surface area contributed by atoms with Crippen molar-refractivity contribution in [1.82, 2.24) is 24.8 Å². The molecule has 2 N–H and O–H groups in total. The lowest BCUT2D eigenvalue weighted by molar-refractivity contribution is 0.0955. The number of anilines is 1. The van der Waals surface area contributed by atoms with Gasteiger partial charge in [0, 0.05) is 31.4 Å². The SMILES string of the molecule is CNc1ncc2cc(/C=C/CNC(=O)c3cncn(Cc4ccc(F)c(F)c4)c3=O)ccc2n1. The zero-order valence-electron chi connectivity index (χ0n) is 18.1. The van der Waals surface area contributed by atoms with E-state index in [2.05, 4.69) is 25.6 Å². The molecule has 0 fully saturated rings. The minimum absolute atomic E-state index is 0.0501. The van der Waals surface area contributed by atoms with E-state index >= 15 is 0 Å². The molecule has 172 valence electrons. The highest BCUT2D eigenvalue weighted by atomic mass is 19.2. The van der Waals surface area contributed by atoms with Crippen LogP contribution in [0.25, 0.3) is 17.0 Å². The van der Waals surface area contributed by atoms with Crippen molar-refractivity contribution in [2.24, 2.45) is 0 Å². The van der Waals surface area contributed by atoms with Gasteiger partial charge in [-0.1, -0.05) is 24.3 Å². The molecule has 0 aliphatic heterocycles. The molecule has 0 aliphatic rings. The summed E-state index contributed by atoms with van der Waals surface area (Å²) in [5.74, 6) is -2.04. The minimum Gasteiger partial charge on any atom is -0.357 e. The molecule has 0 spiro atoms. The molecule has 2 aromatic heterocycles. The van der Waals surface area contributed by atoms with E-state index in [-0.39, 0.29) is 18.7 Å². The smallest absolute Gasteiger partial charge is 0.266 e. The normalized spacial score (nSPS) is 11.1. The third-order valence-electron chi connectivity index (χ3n) is 5.00. The van der Waals surface area contributed by atoms with Crippen LogP contribution in [0.5, 0.6) is 0 Å². The summed E-state index contributed by atoms with van der Waals surface area (Å²) >= 11 is 0. The number of nitrogens with one attached hydrogen (secondary N) is 2. The Bertz CT molecular complexity index is 1450. The lowest BCUT2D eigenvalue weighted by Crippen LogP contribution is -2.33. The zero-order valence-corrected chi connectivity index (χ0v) is 18.1. The average Bonchev–Trinajstić information content (AvgIpc) is 2.84. The van der Waals surface area contributed by atoms with Gasteiger partial charge in [-0.2, -0.15) is 0 Å². The minimum atomic E-state index is -1.01. The molecule has 0 unspecified atom stereocenters. The second-order valence-electron chi connectivity index (χ2n) is 7.36. The summed E-state index contributed by atoms with van der Waals surface area (Å²) in [6.07, 6.45) is 7.71. The Morgan fingerprint density at radius 2 is 1.97 bits per heavy atom. The maximum absolute atomic E-state index is 13.4. The highest BCUT2D eigenvalue weighted by Gasteiger charge is 2.13. The van der Waals surface area contributed by atoms with Gasteiger partial charge in [0.25, 0.3) is 11.5 Å². The van der Waals surface area contributed by atoms with Crippen molar-refractivity contribution in [2.45, 2.75) is 6.54 Å². The first kappa shape index (κ1) is 22.7. The molecular formula is C24H20F2N6O2. The van der Waals surface area contributed by atoms with Crippen LogP contribution in [0.3, 0.4) is 0 Å². The Morgan fingerprint density at radius 3 is 2.76 bits per heavy atom. The molecule has 0 atom stereocenters. The van der Waals surface area contributed by atoms with E-state index in [0.29, 0.717) is 11.5 Å². The summed E-state index contributed by atoms with van der Waals surface area (Å²) in [5, 5.41) is 6.42. The number of rotatable bonds is 7. The number of amides is 1. The van der Waals surface area contributed by atoms with Crippen LogP contribution in [0.1, 0.15) is 21.5 Å². The summed E-state index contributed by atoms with van der Waals surface area (Å²) in [7, 11) is 1.75. The molecule has 0 aliphatic carbocycles. The third kappa shape index (κ3) is 5.12. The van der Waals surface area contributed by atoms with Gasteiger partial charge in [0.15, 0.2) is 11.6 Å². The van der Waals surface area contributed by atoms with Crippen molar-refractivity contribution in [2.75, 3.05) is 18.9 Å². The summed E-state index contributed by atoms with van der Waals surface area (Å²) in [5.41, 5.74) is 1.34. The second kappa shape index (κ2) is 9.99. The highest BCUT2D eigenvalue weighted by Crippen LogP contribution is 2.15. The Morgan fingerprint density at radius 1 is 1.12 bits per heavy atom. The Hall–Kier alpha value is -4.47. The maximum Gasteiger partial charge on any atom is 0.266 e. The predicted octanol–water partition coefficient (Wildman–Crippen LogP) is 3.00. The van der Waals surface area contributed by atoms with Gasteiger partial charge in [0.2, 0.25) is 5.95 Å². The number of hydrogen-bond donors (Lipinski definition) is 2. The number of aromatic nitrogens is 4. The van der Waals surface area contributed by atoms with Crippen LogP contribution in [-0.2, 0) is 6.54 Å². The topological polar surface area (TPSA) is 102 Å². The Labute approximate surface area is 193 Å². The number of carbonyl (C=O) groups excluding carboxylic acids is 1. The molecule has 8 nitrogen and oxygen atoms in total. The fraction of sp³-hybridized carbons (Fsp3) is 0.125. The maximum atomic E-state index is 13.4. The van der Waals surface area contributed by atoms with Gasteiger partial charge in [-0.3, -0.25) is 14.2 Å². The van der Waals surface area contributed by atoms with Crippen molar-refractivity contribution in [3.63, 3.8) is 0 Å². The monoisotopic (exact) mass is 462 g/mol. The highest BCUT2D eigenvalue weighted by molar-refractivity contribution is 5.93. The Balaban J connectivity index is 1.40. The second-order valence-corrected chi connectivity index (χ2v) is 7.36. The predicted molar refractivity (Wildman–Crippen MR) is 124 cm³/mol. The molecule has 0 bridgehead atoms. The largest absolute Gasteiger partial charge is 0.357 e. The van der Waals surface area contributed by atoms with E-state index < -0.39 is 23.1 Å². The third-order valence-corrected chi connectivity index (χ3v) is 5.00. The van der Waals surface area contributed by atoms with Crippen LogP contribution >= 0.6 is 0 Å². The molecule has 0 radical (unpaired) electrons. The van der Waals surface area contributed by atoms with E-state index in [4.69, 9.17) is 0 Å². The van der Waals surface area contributed by atoms with E-state index in [0.717, 1.165) is 33.2 Å². The fourth-order valence-electron chi connectivity index (χ4n) is 3.27. The van der Waals surface area contributed by atoms with Crippen LogP contribution < -0.4 is 16.2 Å². The number of hydrogen-bond acceptors (Lipinski definition) is 6. The van der Waals surface area contributed by atoms with Crippen molar-refractivity contribution in [3.8, 4) is 0 Å². The zero-order chi connectivity index (χ0) is 24.1. The molecule has 0 saturated carbocycles. The van der Waals surface area contributed by atoms with Crippen LogP contribution in [0, 0.1) is 11.6 Å². The van der Waals surface area contributed by atoms with Gasteiger partial charge in [-0.15, -0.1) is 0 Å². The molecule has 1 amide bonds. The standard InChI is InChI=1S/C24H20F2N6O2/c1-27-24-30-11-17-9-15(5-7-21(17)31-24)3-2-8-29-22(33)18-12-28-14-32(23(18)34)13-16-4-6-19(25)20(26)10-16/h2-7,9-12,14H,8,13H2,1H3,(H,29,33)(H,27,30,31)/b3-2+. The molecule has 4 rings (SSSR count). The molecule has 10 heteroatoms. The first-order chi connectivity index (χ1) is 16.4. The summed E-state index contributed by atoms with van der Waals surface area (Å²) in [6, 6.07) is 9.03. The first-order valence-corrected chi connectivity index (χ1v) is 10.3. The first-order valence-electron chi connectivity index (χ1n) is 10.3. The lowest BCUT2D eigenvalue weighted by Gasteiger charge is -2.08. The van der Waals surface area contributed by atoms with Crippen molar-refractivity contribution < 1.29 is 13.6 Å². The van der Waals surface area contributed by atoms with Crippen molar-refractivity contribution >= 4 is 28.8 Å². The average molecular weight is 462 g/mol. The Kier molecular flexibility index (Phi) is 6.67. The van der Waals surface area contributed by atoms with E-state index in [1.54, 1.807) is 19.3 Å². The molecule has 34 heavy (non-hydrogen) atoms. The number of halogens is 2. The van der Waals surface area contributed by atoms with Crippen LogP contribution in [0.2, 0.25) is 0 Å². The van der Waals surface area contributed by atoms with Crippen LogP contribution in [0.4, 0.5) is 14.7 Å². The van der Waals surface area contributed by atoms with Crippen LogP contribution in [-0.4, -0.2) is 39.0 Å². The number of benzene rings is 2.